The quantitative estimate of drug-likeness (QED) is 0.828. The van der Waals surface area contributed by atoms with Crippen molar-refractivity contribution < 1.29 is 14.3 Å². The Balaban J connectivity index is 1.87. The smallest absolute Gasteiger partial charge is 0.239 e. The largest absolute Gasteiger partial charge is 0.387 e. The highest BCUT2D eigenvalue weighted by atomic mass is 19.1. The second kappa shape index (κ2) is 5.46. The van der Waals surface area contributed by atoms with Crippen LogP contribution in [0.4, 0.5) is 4.39 Å². The van der Waals surface area contributed by atoms with Crippen LogP contribution in [0.1, 0.15) is 18.1 Å². The molecule has 2 rings (SSSR count). The maximum Gasteiger partial charge on any atom is 0.239 e. The lowest BCUT2D eigenvalue weighted by molar-refractivity contribution is -0.128. The molecule has 1 amide bonds. The monoisotopic (exact) mass is 252 g/mol. The van der Waals surface area contributed by atoms with Gasteiger partial charge in [0.05, 0.1) is 12.1 Å². The molecule has 1 aliphatic heterocycles. The van der Waals surface area contributed by atoms with Gasteiger partial charge in [-0.3, -0.25) is 4.79 Å². The lowest BCUT2D eigenvalue weighted by atomic mass is 10.1. The Bertz CT molecular complexity index is 422. The van der Waals surface area contributed by atoms with Gasteiger partial charge in [-0.05, 0) is 24.1 Å². The summed E-state index contributed by atoms with van der Waals surface area (Å²) < 4.78 is 12.7. The van der Waals surface area contributed by atoms with Gasteiger partial charge in [0.1, 0.15) is 5.82 Å². The number of carbonyl (C=O) groups excluding carboxylic acids is 1. The summed E-state index contributed by atoms with van der Waals surface area (Å²) in [6, 6.07) is 5.50. The molecule has 2 N–H and O–H groups in total. The maximum absolute atomic E-state index is 12.7. The number of hydrogen-bond donors (Lipinski definition) is 2. The average molecular weight is 252 g/mol. The van der Waals surface area contributed by atoms with Crippen molar-refractivity contribution in [2.24, 2.45) is 0 Å². The lowest BCUT2D eigenvalue weighted by Gasteiger charge is -2.16. The van der Waals surface area contributed by atoms with Crippen LogP contribution >= 0.6 is 0 Å². The van der Waals surface area contributed by atoms with Gasteiger partial charge < -0.3 is 15.3 Å². The highest BCUT2D eigenvalue weighted by molar-refractivity contribution is 5.83. The SMILES string of the molecule is CN1CCC(NCC(O)c2ccc(F)cc2)C1=O. The predicted molar refractivity (Wildman–Crippen MR) is 65.4 cm³/mol. The maximum atomic E-state index is 12.7. The molecule has 1 aliphatic rings. The standard InChI is InChI=1S/C13H17FN2O2/c1-16-7-6-11(13(16)18)15-8-12(17)9-2-4-10(14)5-3-9/h2-5,11-12,15,17H,6-8H2,1H3. The van der Waals surface area contributed by atoms with Crippen LogP contribution in [0.15, 0.2) is 24.3 Å². The Hall–Kier alpha value is -1.46. The molecule has 1 saturated heterocycles. The number of nitrogens with zero attached hydrogens (tertiary/aromatic N) is 1. The molecule has 1 aromatic carbocycles. The highest BCUT2D eigenvalue weighted by Crippen LogP contribution is 2.14. The summed E-state index contributed by atoms with van der Waals surface area (Å²) in [6.45, 7) is 1.03. The van der Waals surface area contributed by atoms with E-state index in [1.165, 1.54) is 12.1 Å². The number of carbonyl (C=O) groups is 1. The number of likely N-dealkylation sites (tertiary alicyclic amines) is 1. The lowest BCUT2D eigenvalue weighted by Crippen LogP contribution is -2.38. The molecule has 1 heterocycles. The number of rotatable bonds is 4. The van der Waals surface area contributed by atoms with Crippen molar-refractivity contribution in [3.63, 3.8) is 0 Å². The third kappa shape index (κ3) is 2.86. The summed E-state index contributed by atoms with van der Waals surface area (Å²) in [7, 11) is 1.76. The van der Waals surface area contributed by atoms with E-state index in [4.69, 9.17) is 0 Å². The Morgan fingerprint density at radius 3 is 2.72 bits per heavy atom. The van der Waals surface area contributed by atoms with E-state index < -0.39 is 6.10 Å². The number of halogens is 1. The number of hydrogen-bond acceptors (Lipinski definition) is 3. The normalized spacial score (nSPS) is 21.4. The Labute approximate surface area is 105 Å². The molecule has 0 spiro atoms. The Morgan fingerprint density at radius 2 is 2.17 bits per heavy atom. The minimum absolute atomic E-state index is 0.0568. The van der Waals surface area contributed by atoms with E-state index in [1.807, 2.05) is 0 Å². The Morgan fingerprint density at radius 1 is 1.50 bits per heavy atom. The van der Waals surface area contributed by atoms with Crippen molar-refractivity contribution >= 4 is 5.91 Å². The zero-order chi connectivity index (χ0) is 13.1. The van der Waals surface area contributed by atoms with Gasteiger partial charge in [0, 0.05) is 20.1 Å². The fraction of sp³-hybridized carbons (Fsp3) is 0.462. The van der Waals surface area contributed by atoms with Gasteiger partial charge >= 0.3 is 0 Å². The molecule has 98 valence electrons. The number of aliphatic hydroxyl groups excluding tert-OH is 1. The average Bonchev–Trinajstić information content (AvgIpc) is 2.68. The molecule has 1 fully saturated rings. The van der Waals surface area contributed by atoms with Crippen LogP contribution in [0.25, 0.3) is 0 Å². The van der Waals surface area contributed by atoms with Crippen LogP contribution < -0.4 is 5.32 Å². The van der Waals surface area contributed by atoms with Crippen LogP contribution in [-0.2, 0) is 4.79 Å². The molecule has 0 aromatic heterocycles. The van der Waals surface area contributed by atoms with Crippen LogP contribution in [0.2, 0.25) is 0 Å². The molecule has 0 bridgehead atoms. The molecule has 0 aliphatic carbocycles. The van der Waals surface area contributed by atoms with Crippen LogP contribution in [0.5, 0.6) is 0 Å². The predicted octanol–water partition coefficient (Wildman–Crippen LogP) is 0.679. The van der Waals surface area contributed by atoms with Crippen molar-refractivity contribution in [3.05, 3.63) is 35.6 Å². The van der Waals surface area contributed by atoms with Crippen molar-refractivity contribution in [1.29, 1.82) is 0 Å². The zero-order valence-corrected chi connectivity index (χ0v) is 10.3. The van der Waals surface area contributed by atoms with E-state index in [0.717, 1.165) is 13.0 Å². The van der Waals surface area contributed by atoms with Gasteiger partial charge in [-0.1, -0.05) is 12.1 Å². The van der Waals surface area contributed by atoms with Gasteiger partial charge in [-0.15, -0.1) is 0 Å². The summed E-state index contributed by atoms with van der Waals surface area (Å²) in [4.78, 5) is 13.3. The van der Waals surface area contributed by atoms with E-state index in [9.17, 15) is 14.3 Å². The van der Waals surface area contributed by atoms with Gasteiger partial charge in [0.25, 0.3) is 0 Å². The molecule has 0 radical (unpaired) electrons. The number of amides is 1. The summed E-state index contributed by atoms with van der Waals surface area (Å²) in [6.07, 6.45) is 0.0233. The van der Waals surface area contributed by atoms with Crippen LogP contribution in [-0.4, -0.2) is 42.1 Å². The fourth-order valence-electron chi connectivity index (χ4n) is 2.07. The highest BCUT2D eigenvalue weighted by Gasteiger charge is 2.28. The van der Waals surface area contributed by atoms with Gasteiger partial charge in [0.2, 0.25) is 5.91 Å². The first-order valence-electron chi connectivity index (χ1n) is 6.00. The number of likely N-dealkylation sites (N-methyl/N-ethyl adjacent to an activating group) is 1. The summed E-state index contributed by atoms with van der Waals surface area (Å²) in [5.74, 6) is -0.271. The first-order valence-corrected chi connectivity index (χ1v) is 6.00. The van der Waals surface area contributed by atoms with Gasteiger partial charge in [0.15, 0.2) is 0 Å². The van der Waals surface area contributed by atoms with Crippen LogP contribution in [0, 0.1) is 5.82 Å². The molecule has 18 heavy (non-hydrogen) atoms. The van der Waals surface area contributed by atoms with Crippen molar-refractivity contribution in [1.82, 2.24) is 10.2 Å². The first-order chi connectivity index (χ1) is 8.58. The zero-order valence-electron chi connectivity index (χ0n) is 10.3. The third-order valence-corrected chi connectivity index (χ3v) is 3.24. The van der Waals surface area contributed by atoms with Crippen molar-refractivity contribution in [3.8, 4) is 0 Å². The van der Waals surface area contributed by atoms with E-state index in [0.29, 0.717) is 5.56 Å². The molecule has 0 saturated carbocycles. The second-order valence-corrected chi connectivity index (χ2v) is 4.58. The molecule has 1 aromatic rings. The molecule has 2 unspecified atom stereocenters. The molecule has 4 nitrogen and oxygen atoms in total. The summed E-state index contributed by atoms with van der Waals surface area (Å²) in [5.41, 5.74) is 0.641. The minimum atomic E-state index is -0.732. The van der Waals surface area contributed by atoms with Gasteiger partial charge in [-0.2, -0.15) is 0 Å². The molecule has 5 heteroatoms. The first kappa shape index (κ1) is 13.0. The topological polar surface area (TPSA) is 52.6 Å². The van der Waals surface area contributed by atoms with Crippen molar-refractivity contribution in [2.75, 3.05) is 20.1 Å². The van der Waals surface area contributed by atoms with Crippen molar-refractivity contribution in [2.45, 2.75) is 18.6 Å². The Kier molecular flexibility index (Phi) is 3.93. The van der Waals surface area contributed by atoms with Gasteiger partial charge in [-0.25, -0.2) is 4.39 Å². The molecule has 2 atom stereocenters. The number of benzene rings is 1. The van der Waals surface area contributed by atoms with E-state index >= 15 is 0 Å². The summed E-state index contributed by atoms with van der Waals surface area (Å²) >= 11 is 0. The van der Waals surface area contributed by atoms with E-state index in [2.05, 4.69) is 5.32 Å². The minimum Gasteiger partial charge on any atom is -0.387 e. The van der Waals surface area contributed by atoms with Crippen LogP contribution in [0.3, 0.4) is 0 Å². The molecular weight excluding hydrogens is 235 g/mol. The second-order valence-electron chi connectivity index (χ2n) is 4.58. The van der Waals surface area contributed by atoms with E-state index in [1.54, 1.807) is 24.1 Å². The molecular formula is C13H17FN2O2. The number of aliphatic hydroxyl groups is 1. The summed E-state index contributed by atoms with van der Waals surface area (Å²) in [5, 5.41) is 13.0. The number of nitrogens with one attached hydrogen (secondary N) is 1. The van der Waals surface area contributed by atoms with E-state index in [-0.39, 0.29) is 24.3 Å². The third-order valence-electron chi connectivity index (χ3n) is 3.24. The fourth-order valence-corrected chi connectivity index (χ4v) is 2.07.